The van der Waals surface area contributed by atoms with E-state index in [2.05, 4.69) is 22.1 Å². The van der Waals surface area contributed by atoms with Gasteiger partial charge in [0.05, 0.1) is 0 Å². The van der Waals surface area contributed by atoms with E-state index < -0.39 is 0 Å². The first-order valence-corrected chi connectivity index (χ1v) is 10.4. The maximum Gasteiger partial charge on any atom is 0.226 e. The van der Waals surface area contributed by atoms with Crippen molar-refractivity contribution < 1.29 is 9.59 Å². The summed E-state index contributed by atoms with van der Waals surface area (Å²) >= 11 is 0. The van der Waals surface area contributed by atoms with Crippen molar-refractivity contribution >= 4 is 28.4 Å². The van der Waals surface area contributed by atoms with E-state index in [1.807, 2.05) is 29.0 Å². The first kappa shape index (κ1) is 18.7. The van der Waals surface area contributed by atoms with Crippen LogP contribution in [0.5, 0.6) is 0 Å². The Kier molecular flexibility index (Phi) is 5.46. The summed E-state index contributed by atoms with van der Waals surface area (Å²) in [6, 6.07) is 4.04. The lowest BCUT2D eigenvalue weighted by Crippen LogP contribution is -2.45. The van der Waals surface area contributed by atoms with E-state index in [0.717, 1.165) is 43.3 Å². The fraction of sp³-hybridized carbons (Fsp3) is 0.500. The van der Waals surface area contributed by atoms with Crippen LogP contribution >= 0.6 is 0 Å². The smallest absolute Gasteiger partial charge is 0.226 e. The number of fused-ring (bicyclic) bond motifs is 1. The molecule has 1 N–H and O–H groups in total. The Bertz CT molecular complexity index is 893. The molecule has 1 saturated heterocycles. The van der Waals surface area contributed by atoms with E-state index in [0.29, 0.717) is 26.1 Å². The lowest BCUT2D eigenvalue weighted by atomic mass is 9.93. The molecule has 0 bridgehead atoms. The number of aromatic amines is 1. The van der Waals surface area contributed by atoms with Gasteiger partial charge in [-0.15, -0.1) is 0 Å². The first-order chi connectivity index (χ1) is 13.7. The van der Waals surface area contributed by atoms with E-state index in [4.69, 9.17) is 0 Å². The molecule has 0 aromatic carbocycles. The lowest BCUT2D eigenvalue weighted by molar-refractivity contribution is -0.140. The third-order valence-corrected chi connectivity index (χ3v) is 5.98. The normalized spacial score (nSPS) is 18.4. The molecule has 0 aliphatic carbocycles. The average molecular weight is 380 g/mol. The van der Waals surface area contributed by atoms with Crippen LogP contribution in [0.1, 0.15) is 44.6 Å². The molecule has 6 nitrogen and oxygen atoms in total. The number of nitrogens with one attached hydrogen (secondary N) is 1. The maximum atomic E-state index is 12.9. The monoisotopic (exact) mass is 380 g/mol. The van der Waals surface area contributed by atoms with Gasteiger partial charge < -0.3 is 14.8 Å². The molecule has 1 fully saturated rings. The van der Waals surface area contributed by atoms with Crippen molar-refractivity contribution in [2.45, 2.75) is 39.0 Å². The number of H-pyrrole nitrogens is 1. The van der Waals surface area contributed by atoms with Gasteiger partial charge in [0.2, 0.25) is 11.8 Å². The summed E-state index contributed by atoms with van der Waals surface area (Å²) in [6.45, 7) is 4.88. The van der Waals surface area contributed by atoms with Gasteiger partial charge in [-0.3, -0.25) is 9.59 Å². The zero-order valence-electron chi connectivity index (χ0n) is 16.5. The molecular weight excluding hydrogens is 352 g/mol. The van der Waals surface area contributed by atoms with Gasteiger partial charge in [-0.05, 0) is 43.4 Å². The van der Waals surface area contributed by atoms with Crippen LogP contribution in [0.4, 0.5) is 0 Å². The van der Waals surface area contributed by atoms with Crippen molar-refractivity contribution in [1.29, 1.82) is 0 Å². The van der Waals surface area contributed by atoms with Gasteiger partial charge in [0.1, 0.15) is 5.65 Å². The van der Waals surface area contributed by atoms with Crippen LogP contribution in [0.25, 0.3) is 16.6 Å². The zero-order chi connectivity index (χ0) is 19.5. The van der Waals surface area contributed by atoms with Gasteiger partial charge in [-0.25, -0.2) is 4.98 Å². The van der Waals surface area contributed by atoms with Crippen LogP contribution in [-0.2, 0) is 9.59 Å². The summed E-state index contributed by atoms with van der Waals surface area (Å²) in [5, 5.41) is 1.14. The van der Waals surface area contributed by atoms with Crippen LogP contribution in [0.15, 0.2) is 30.6 Å². The lowest BCUT2D eigenvalue weighted by Gasteiger charge is -2.35. The van der Waals surface area contributed by atoms with Crippen molar-refractivity contribution in [2.75, 3.05) is 26.2 Å². The van der Waals surface area contributed by atoms with Crippen LogP contribution in [0.2, 0.25) is 0 Å². The molecule has 0 unspecified atom stereocenters. The van der Waals surface area contributed by atoms with Crippen molar-refractivity contribution in [3.05, 3.63) is 36.2 Å². The second kappa shape index (κ2) is 8.17. The van der Waals surface area contributed by atoms with Crippen LogP contribution < -0.4 is 0 Å². The quantitative estimate of drug-likeness (QED) is 0.885. The zero-order valence-corrected chi connectivity index (χ0v) is 16.5. The molecule has 6 heteroatoms. The summed E-state index contributed by atoms with van der Waals surface area (Å²) in [4.78, 5) is 36.5. The van der Waals surface area contributed by atoms with Crippen LogP contribution in [0.3, 0.4) is 0 Å². The SMILES string of the molecule is CCCC(=O)N1CCC(C(=O)N2CC=C(c3c[nH]c4ncccc34)CC2)CC1. The van der Waals surface area contributed by atoms with Gasteiger partial charge in [-0.2, -0.15) is 0 Å². The number of amides is 2. The van der Waals surface area contributed by atoms with Gasteiger partial charge in [0, 0.05) is 61.9 Å². The number of hydrogen-bond donors (Lipinski definition) is 1. The molecule has 0 spiro atoms. The molecule has 4 heterocycles. The molecule has 4 rings (SSSR count). The maximum absolute atomic E-state index is 12.9. The molecule has 2 aromatic heterocycles. The van der Waals surface area contributed by atoms with Gasteiger partial charge in [-0.1, -0.05) is 13.0 Å². The first-order valence-electron chi connectivity index (χ1n) is 10.4. The minimum absolute atomic E-state index is 0.0536. The summed E-state index contributed by atoms with van der Waals surface area (Å²) < 4.78 is 0. The second-order valence-corrected chi connectivity index (χ2v) is 7.77. The molecule has 148 valence electrons. The van der Waals surface area contributed by atoms with Gasteiger partial charge in [0.25, 0.3) is 0 Å². The Morgan fingerprint density at radius 3 is 2.75 bits per heavy atom. The summed E-state index contributed by atoms with van der Waals surface area (Å²) in [6.07, 6.45) is 9.92. The van der Waals surface area contributed by atoms with Gasteiger partial charge >= 0.3 is 0 Å². The van der Waals surface area contributed by atoms with E-state index in [-0.39, 0.29) is 17.7 Å². The molecule has 0 saturated carbocycles. The van der Waals surface area contributed by atoms with Crippen molar-refractivity contribution in [3.8, 4) is 0 Å². The number of carbonyl (C=O) groups excluding carboxylic acids is 2. The fourth-order valence-corrected chi connectivity index (χ4v) is 4.34. The predicted octanol–water partition coefficient (Wildman–Crippen LogP) is 3.22. The van der Waals surface area contributed by atoms with Gasteiger partial charge in [0.15, 0.2) is 0 Å². The predicted molar refractivity (Wildman–Crippen MR) is 109 cm³/mol. The third kappa shape index (κ3) is 3.68. The number of aromatic nitrogens is 2. The Morgan fingerprint density at radius 1 is 1.21 bits per heavy atom. The largest absolute Gasteiger partial charge is 0.346 e. The van der Waals surface area contributed by atoms with Crippen molar-refractivity contribution in [2.24, 2.45) is 5.92 Å². The van der Waals surface area contributed by atoms with E-state index >= 15 is 0 Å². The number of carbonyl (C=O) groups is 2. The highest BCUT2D eigenvalue weighted by Gasteiger charge is 2.30. The highest BCUT2D eigenvalue weighted by atomic mass is 16.2. The highest BCUT2D eigenvalue weighted by molar-refractivity contribution is 5.91. The Morgan fingerprint density at radius 2 is 2.04 bits per heavy atom. The Balaban J connectivity index is 1.36. The molecule has 2 aliphatic rings. The molecular formula is C22H28N4O2. The Hall–Kier alpha value is -2.63. The number of pyridine rings is 1. The molecule has 0 radical (unpaired) electrons. The number of rotatable bonds is 4. The number of likely N-dealkylation sites (tertiary alicyclic amines) is 1. The van der Waals surface area contributed by atoms with E-state index in [9.17, 15) is 9.59 Å². The standard InChI is InChI=1S/C22H28N4O2/c1-2-4-20(27)25-11-8-17(9-12-25)22(28)26-13-6-16(7-14-26)19-15-24-21-18(19)5-3-10-23-21/h3,5-6,10,15,17H,2,4,7-9,11-14H2,1H3,(H,23,24). The summed E-state index contributed by atoms with van der Waals surface area (Å²) in [7, 11) is 0. The molecule has 0 atom stereocenters. The summed E-state index contributed by atoms with van der Waals surface area (Å²) in [5.41, 5.74) is 3.38. The number of piperidine rings is 1. The molecule has 28 heavy (non-hydrogen) atoms. The number of hydrogen-bond acceptors (Lipinski definition) is 3. The topological polar surface area (TPSA) is 69.3 Å². The summed E-state index contributed by atoms with van der Waals surface area (Å²) in [5.74, 6) is 0.531. The number of nitrogens with zero attached hydrogens (tertiary/aromatic N) is 3. The van der Waals surface area contributed by atoms with Crippen molar-refractivity contribution in [1.82, 2.24) is 19.8 Å². The minimum atomic E-state index is 0.0536. The fourth-order valence-electron chi connectivity index (χ4n) is 4.34. The third-order valence-electron chi connectivity index (χ3n) is 5.98. The highest BCUT2D eigenvalue weighted by Crippen LogP contribution is 2.29. The molecule has 2 aromatic rings. The minimum Gasteiger partial charge on any atom is -0.346 e. The second-order valence-electron chi connectivity index (χ2n) is 7.77. The van der Waals surface area contributed by atoms with E-state index in [1.54, 1.807) is 6.20 Å². The average Bonchev–Trinajstić information content (AvgIpc) is 3.18. The van der Waals surface area contributed by atoms with E-state index in [1.165, 1.54) is 11.1 Å². The van der Waals surface area contributed by atoms with Crippen LogP contribution in [-0.4, -0.2) is 57.8 Å². The van der Waals surface area contributed by atoms with Crippen LogP contribution in [0, 0.1) is 5.92 Å². The molecule has 2 aliphatic heterocycles. The Labute approximate surface area is 165 Å². The molecule has 2 amide bonds. The van der Waals surface area contributed by atoms with Crippen molar-refractivity contribution in [3.63, 3.8) is 0 Å².